The lowest BCUT2D eigenvalue weighted by molar-refractivity contribution is 0.0880. The van der Waals surface area contributed by atoms with Gasteiger partial charge in [-0.25, -0.2) is 0 Å². The van der Waals surface area contributed by atoms with Gasteiger partial charge < -0.3 is 19.5 Å². The second-order valence-electron chi connectivity index (χ2n) is 15.8. The van der Waals surface area contributed by atoms with Gasteiger partial charge in [0, 0.05) is 34.7 Å². The fraction of sp³-hybridized carbons (Fsp3) is 0.488. The molecular weight excluding hydrogens is 699 g/mol. The van der Waals surface area contributed by atoms with E-state index < -0.39 is 7.12 Å². The summed E-state index contributed by atoms with van der Waals surface area (Å²) in [6, 6.07) is 23.8. The first-order chi connectivity index (χ1) is 23.8. The summed E-state index contributed by atoms with van der Waals surface area (Å²) in [7, 11) is -1.40. The predicted octanol–water partition coefficient (Wildman–Crippen LogP) is 10.6. The molecule has 2 saturated carbocycles. The van der Waals surface area contributed by atoms with Crippen molar-refractivity contribution < 1.29 is 19.5 Å². The van der Waals surface area contributed by atoms with Gasteiger partial charge >= 0.3 is 7.12 Å². The van der Waals surface area contributed by atoms with Crippen molar-refractivity contribution >= 4 is 28.5 Å². The van der Waals surface area contributed by atoms with Crippen molar-refractivity contribution in [1.82, 2.24) is 9.97 Å². The van der Waals surface area contributed by atoms with Gasteiger partial charge in [0.15, 0.2) is 0 Å². The zero-order chi connectivity index (χ0) is 36.1. The number of ether oxygens (including phenoxy) is 2. The second kappa shape index (κ2) is 20.2. The highest BCUT2D eigenvalue weighted by molar-refractivity contribution is 9.10. The molecule has 2 aliphatic rings. The largest absolute Gasteiger partial charge is 0.490 e. The van der Waals surface area contributed by atoms with Gasteiger partial charge in [0.25, 0.3) is 0 Å². The molecule has 0 aliphatic heterocycles. The fourth-order valence-electron chi connectivity index (χ4n) is 6.78. The van der Waals surface area contributed by atoms with E-state index in [1.807, 2.05) is 36.5 Å². The monoisotopic (exact) mass is 758 g/mol. The summed E-state index contributed by atoms with van der Waals surface area (Å²) in [5.74, 6) is 3.66. The normalized spacial score (nSPS) is 20.3. The second-order valence-corrected chi connectivity index (χ2v) is 16.7. The fourth-order valence-corrected chi connectivity index (χ4v) is 7.04. The lowest BCUT2D eigenvalue weighted by atomic mass is 9.72. The van der Waals surface area contributed by atoms with Crippen LogP contribution in [0.2, 0.25) is 0 Å². The highest BCUT2D eigenvalue weighted by Crippen LogP contribution is 2.40. The number of pyridine rings is 2. The molecule has 2 N–H and O–H groups in total. The maximum Gasteiger partial charge on any atom is 0.490 e. The van der Waals surface area contributed by atoms with Crippen molar-refractivity contribution in [2.45, 2.75) is 113 Å². The quantitative estimate of drug-likeness (QED) is 0.191. The van der Waals surface area contributed by atoms with E-state index in [0.29, 0.717) is 28.5 Å². The van der Waals surface area contributed by atoms with E-state index >= 15 is 0 Å². The average molecular weight is 760 g/mol. The highest BCUT2D eigenvalue weighted by atomic mass is 79.9. The molecule has 51 heavy (non-hydrogen) atoms. The van der Waals surface area contributed by atoms with Crippen LogP contribution in [0.1, 0.15) is 100 Å². The number of rotatable bonds is 6. The van der Waals surface area contributed by atoms with E-state index in [4.69, 9.17) is 19.5 Å². The molecule has 0 spiro atoms. The minimum Gasteiger partial charge on any atom is -0.490 e. The number of halogens is 1. The van der Waals surface area contributed by atoms with Crippen molar-refractivity contribution in [3.8, 4) is 22.6 Å². The van der Waals surface area contributed by atoms with Crippen molar-refractivity contribution in [1.29, 1.82) is 0 Å². The Morgan fingerprint density at radius 3 is 1.37 bits per heavy atom. The third kappa shape index (κ3) is 14.4. The van der Waals surface area contributed by atoms with Crippen molar-refractivity contribution in [3.05, 3.63) is 102 Å². The third-order valence-corrected chi connectivity index (χ3v) is 10.6. The molecule has 6 rings (SSSR count). The number of benzene rings is 2. The molecule has 0 atom stereocenters. The number of nitrogens with zero attached hydrogens (tertiary/aromatic N) is 2. The van der Waals surface area contributed by atoms with E-state index in [9.17, 15) is 0 Å². The third-order valence-electron chi connectivity index (χ3n) is 10.0. The van der Waals surface area contributed by atoms with Crippen LogP contribution in [0.25, 0.3) is 11.1 Å². The Labute approximate surface area is 316 Å². The van der Waals surface area contributed by atoms with Gasteiger partial charge in [-0.3, -0.25) is 9.97 Å². The van der Waals surface area contributed by atoms with Crippen LogP contribution in [-0.4, -0.2) is 39.3 Å². The average Bonchev–Trinajstić information content (AvgIpc) is 3.11. The van der Waals surface area contributed by atoms with Gasteiger partial charge in [0.1, 0.15) is 11.5 Å². The Morgan fingerprint density at radius 1 is 0.588 bits per heavy atom. The van der Waals surface area contributed by atoms with Gasteiger partial charge in [-0.15, -0.1) is 0 Å². The molecule has 0 unspecified atom stereocenters. The van der Waals surface area contributed by atoms with Crippen molar-refractivity contribution in [2.24, 2.45) is 22.7 Å². The molecule has 6 nitrogen and oxygen atoms in total. The molecule has 0 amide bonds. The number of hydrogen-bond donors (Lipinski definition) is 2. The molecule has 8 heteroatoms. The summed E-state index contributed by atoms with van der Waals surface area (Å²) in [6.07, 6.45) is 17.3. The van der Waals surface area contributed by atoms with Crippen LogP contribution >= 0.6 is 15.9 Å². The van der Waals surface area contributed by atoms with Crippen molar-refractivity contribution in [3.63, 3.8) is 0 Å². The molecular formula is C43H60BBrN2O4. The Morgan fingerprint density at radius 2 is 1.02 bits per heavy atom. The summed E-state index contributed by atoms with van der Waals surface area (Å²) in [5, 5.41) is 17.1. The van der Waals surface area contributed by atoms with Gasteiger partial charge in [-0.1, -0.05) is 89.2 Å². The highest BCUT2D eigenvalue weighted by Gasteiger charge is 2.31. The maximum atomic E-state index is 8.54. The number of aromatic nitrogens is 2. The summed E-state index contributed by atoms with van der Waals surface area (Å²) in [5.41, 5.74) is 3.61. The van der Waals surface area contributed by atoms with Crippen LogP contribution in [0, 0.1) is 22.7 Å². The van der Waals surface area contributed by atoms with Crippen LogP contribution < -0.4 is 14.9 Å². The van der Waals surface area contributed by atoms with Gasteiger partial charge in [0.05, 0.1) is 12.2 Å². The molecule has 276 valence electrons. The predicted molar refractivity (Wildman–Crippen MR) is 216 cm³/mol. The van der Waals surface area contributed by atoms with E-state index in [1.165, 1.54) is 63.1 Å². The van der Waals surface area contributed by atoms with E-state index in [2.05, 4.69) is 97.8 Å². The Kier molecular flexibility index (Phi) is 16.7. The smallest absolute Gasteiger partial charge is 0.490 e. The van der Waals surface area contributed by atoms with Crippen molar-refractivity contribution in [2.75, 3.05) is 0 Å². The Hall–Kier alpha value is -3.20. The van der Waals surface area contributed by atoms with Crippen LogP contribution in [0.3, 0.4) is 0 Å². The van der Waals surface area contributed by atoms with Gasteiger partial charge in [0.2, 0.25) is 0 Å². The molecule has 0 bridgehead atoms. The molecule has 2 aromatic carbocycles. The lowest BCUT2D eigenvalue weighted by Gasteiger charge is -2.36. The molecule has 0 saturated heterocycles. The summed E-state index contributed by atoms with van der Waals surface area (Å²) in [4.78, 5) is 7.86. The minimum absolute atomic E-state index is 0. The molecule has 2 aliphatic carbocycles. The molecule has 2 heterocycles. The maximum absolute atomic E-state index is 8.54. The summed E-state index contributed by atoms with van der Waals surface area (Å²) >= 11 is 3.44. The first-order valence-electron chi connectivity index (χ1n) is 18.1. The van der Waals surface area contributed by atoms with Crippen LogP contribution in [-0.2, 0) is 0 Å². The molecule has 2 aromatic heterocycles. The van der Waals surface area contributed by atoms with Gasteiger partial charge in [-0.05, 0) is 134 Å². The minimum atomic E-state index is -1.40. The van der Waals surface area contributed by atoms with E-state index in [0.717, 1.165) is 33.4 Å². The summed E-state index contributed by atoms with van der Waals surface area (Å²) < 4.78 is 13.3. The number of hydrogen-bond acceptors (Lipinski definition) is 6. The molecule has 2 fully saturated rings. The van der Waals surface area contributed by atoms with E-state index in [1.54, 1.807) is 24.5 Å². The molecule has 4 aromatic rings. The van der Waals surface area contributed by atoms with Gasteiger partial charge in [-0.2, -0.15) is 0 Å². The first-order valence-corrected chi connectivity index (χ1v) is 18.9. The first kappa shape index (κ1) is 42.2. The lowest BCUT2D eigenvalue weighted by Crippen LogP contribution is -2.30. The summed E-state index contributed by atoms with van der Waals surface area (Å²) in [6.45, 7) is 14.1. The Balaban J connectivity index is 0.000000223. The van der Waals surface area contributed by atoms with E-state index in [-0.39, 0.29) is 7.43 Å². The molecule has 0 radical (unpaired) electrons. The van der Waals surface area contributed by atoms with Crippen LogP contribution in [0.4, 0.5) is 0 Å². The zero-order valence-corrected chi connectivity index (χ0v) is 32.4. The van der Waals surface area contributed by atoms with Crippen LogP contribution in [0.5, 0.6) is 11.5 Å². The van der Waals surface area contributed by atoms with Crippen LogP contribution in [0.15, 0.2) is 102 Å². The zero-order valence-electron chi connectivity index (χ0n) is 30.8. The SMILES string of the molecule is C.CC(C)(C)C1CCC(Oc2ccc(-c3cccnc3)cc2)CC1.CC(C)(C)C1CCC(Oc2ccc(Br)cc2)CC1.OB(O)c1cccnc1. The standard InChI is InChI=1S/C21H27NO.C16H23BrO.C5H6BNO2.CH4/c1-21(2,3)18-8-12-20(13-9-18)23-19-10-6-16(7-11-19)17-5-4-14-22-15-17;1-16(2,3)12-4-8-14(9-5-12)18-15-10-6-13(17)7-11-15;8-6(9)5-2-1-3-7-4-5;/h4-7,10-11,14-15,18,20H,8-9,12-13H2,1-3H3;6-7,10-12,14H,4-5,8-9H2,1-3H3;1-4,8-9H;1H4. The Bertz CT molecular complexity index is 1510. The topological polar surface area (TPSA) is 84.7 Å².